The summed E-state index contributed by atoms with van der Waals surface area (Å²) >= 11 is 0. The summed E-state index contributed by atoms with van der Waals surface area (Å²) < 4.78 is 23.3. The van der Waals surface area contributed by atoms with Crippen LogP contribution in [0, 0.1) is 0 Å². The van der Waals surface area contributed by atoms with Crippen molar-refractivity contribution < 1.29 is 23.7 Å². The normalized spacial score (nSPS) is 35.0. The maximum absolute atomic E-state index is 11.5. The fourth-order valence-corrected chi connectivity index (χ4v) is 2.83. The predicted octanol–water partition coefficient (Wildman–Crippen LogP) is 1.25. The molecule has 0 spiro atoms. The molecule has 0 saturated carbocycles. The molecule has 1 amide bonds. The molecule has 0 aliphatic carbocycles. The van der Waals surface area contributed by atoms with Crippen LogP contribution in [-0.2, 0) is 23.7 Å². The standard InChI is InChI=1S/C14H22N4O5/c1-5-6-20-13-10(17-8(2)19)12-11(22-14(3,4)23-12)9(21-13)7-16-18-15/h5,9-13H,1,6-7H2,2-4H3,(H,17,19). The van der Waals surface area contributed by atoms with Gasteiger partial charge < -0.3 is 24.3 Å². The summed E-state index contributed by atoms with van der Waals surface area (Å²) in [5.41, 5.74) is 8.55. The van der Waals surface area contributed by atoms with E-state index in [1.54, 1.807) is 19.9 Å². The van der Waals surface area contributed by atoms with Gasteiger partial charge in [0, 0.05) is 11.8 Å². The molecule has 0 bridgehead atoms. The molecule has 2 rings (SSSR count). The summed E-state index contributed by atoms with van der Waals surface area (Å²) in [4.78, 5) is 14.3. The lowest BCUT2D eigenvalue weighted by atomic mass is 9.96. The van der Waals surface area contributed by atoms with Crippen LogP contribution in [-0.4, -0.2) is 55.5 Å². The van der Waals surface area contributed by atoms with Crippen molar-refractivity contribution in [1.82, 2.24) is 5.32 Å². The van der Waals surface area contributed by atoms with Gasteiger partial charge in [-0.25, -0.2) is 0 Å². The predicted molar refractivity (Wildman–Crippen MR) is 80.3 cm³/mol. The van der Waals surface area contributed by atoms with Gasteiger partial charge in [-0.1, -0.05) is 11.2 Å². The average Bonchev–Trinajstić information content (AvgIpc) is 2.80. The Hall–Kier alpha value is -1.64. The summed E-state index contributed by atoms with van der Waals surface area (Å²) in [6.45, 7) is 8.89. The minimum atomic E-state index is -0.836. The molecule has 2 fully saturated rings. The van der Waals surface area contributed by atoms with Crippen LogP contribution < -0.4 is 5.32 Å². The maximum atomic E-state index is 11.5. The number of fused-ring (bicyclic) bond motifs is 1. The Labute approximate surface area is 134 Å². The number of ether oxygens (including phenoxy) is 4. The smallest absolute Gasteiger partial charge is 0.217 e. The molecule has 2 aliphatic heterocycles. The van der Waals surface area contributed by atoms with Gasteiger partial charge in [-0.3, -0.25) is 4.79 Å². The number of hydrogen-bond donors (Lipinski definition) is 1. The Morgan fingerprint density at radius 1 is 1.48 bits per heavy atom. The molecule has 0 aromatic rings. The highest BCUT2D eigenvalue weighted by Gasteiger charge is 2.55. The summed E-state index contributed by atoms with van der Waals surface area (Å²) in [5.74, 6) is -1.07. The first kappa shape index (κ1) is 17.7. The molecule has 5 unspecified atom stereocenters. The fraction of sp³-hybridized carbons (Fsp3) is 0.786. The summed E-state index contributed by atoms with van der Waals surface area (Å²) in [6, 6.07) is -0.540. The van der Waals surface area contributed by atoms with Crippen LogP contribution >= 0.6 is 0 Å². The lowest BCUT2D eigenvalue weighted by Crippen LogP contribution is -2.63. The minimum absolute atomic E-state index is 0.0812. The topological polar surface area (TPSA) is 115 Å². The van der Waals surface area contributed by atoms with E-state index in [-0.39, 0.29) is 19.1 Å². The van der Waals surface area contributed by atoms with Gasteiger partial charge >= 0.3 is 0 Å². The highest BCUT2D eigenvalue weighted by Crippen LogP contribution is 2.37. The molecule has 9 heteroatoms. The van der Waals surface area contributed by atoms with E-state index in [0.29, 0.717) is 0 Å². The fourth-order valence-electron chi connectivity index (χ4n) is 2.83. The number of hydrogen-bond acceptors (Lipinski definition) is 6. The molecular weight excluding hydrogens is 304 g/mol. The molecule has 5 atom stereocenters. The molecule has 0 aromatic carbocycles. The Balaban J connectivity index is 2.26. The average molecular weight is 326 g/mol. The Morgan fingerprint density at radius 3 is 2.78 bits per heavy atom. The lowest BCUT2D eigenvalue weighted by Gasteiger charge is -2.41. The van der Waals surface area contributed by atoms with E-state index in [9.17, 15) is 4.79 Å². The number of azide groups is 1. The summed E-state index contributed by atoms with van der Waals surface area (Å²) in [7, 11) is 0. The third-order valence-corrected chi connectivity index (χ3v) is 3.56. The number of rotatable bonds is 6. The summed E-state index contributed by atoms with van der Waals surface area (Å²) in [5, 5.41) is 6.36. The molecule has 128 valence electrons. The van der Waals surface area contributed by atoms with Crippen LogP contribution in [0.4, 0.5) is 0 Å². The van der Waals surface area contributed by atoms with Crippen LogP contribution in [0.1, 0.15) is 20.8 Å². The highest BCUT2D eigenvalue weighted by atomic mass is 16.8. The third-order valence-electron chi connectivity index (χ3n) is 3.56. The van der Waals surface area contributed by atoms with Gasteiger partial charge in [0.2, 0.25) is 5.91 Å². The number of carbonyl (C=O) groups is 1. The molecule has 1 N–H and O–H groups in total. The van der Waals surface area contributed by atoms with Gasteiger partial charge in [-0.15, -0.1) is 6.58 Å². The quantitative estimate of drug-likeness (QED) is 0.341. The summed E-state index contributed by atoms with van der Waals surface area (Å²) in [6.07, 6.45) is -0.655. The monoisotopic (exact) mass is 326 g/mol. The molecule has 23 heavy (non-hydrogen) atoms. The molecule has 9 nitrogen and oxygen atoms in total. The van der Waals surface area contributed by atoms with Crippen molar-refractivity contribution >= 4 is 5.91 Å². The van der Waals surface area contributed by atoms with Crippen molar-refractivity contribution in [2.45, 2.75) is 57.2 Å². The third kappa shape index (κ3) is 4.21. The highest BCUT2D eigenvalue weighted by molar-refractivity contribution is 5.73. The van der Waals surface area contributed by atoms with Crippen LogP contribution in [0.15, 0.2) is 17.8 Å². The molecule has 2 aliphatic rings. The van der Waals surface area contributed by atoms with Crippen LogP contribution in [0.5, 0.6) is 0 Å². The number of carbonyl (C=O) groups excluding carboxylic acids is 1. The largest absolute Gasteiger partial charge is 0.346 e. The molecule has 2 heterocycles. The molecule has 0 radical (unpaired) electrons. The van der Waals surface area contributed by atoms with E-state index in [1.165, 1.54) is 6.92 Å². The van der Waals surface area contributed by atoms with E-state index < -0.39 is 36.4 Å². The van der Waals surface area contributed by atoms with E-state index in [1.807, 2.05) is 0 Å². The second kappa shape index (κ2) is 7.29. The van der Waals surface area contributed by atoms with E-state index in [2.05, 4.69) is 21.9 Å². The first-order valence-electron chi connectivity index (χ1n) is 7.39. The Bertz CT molecular complexity index is 505. The van der Waals surface area contributed by atoms with Crippen LogP contribution in [0.3, 0.4) is 0 Å². The van der Waals surface area contributed by atoms with Crippen molar-refractivity contribution in [2.24, 2.45) is 5.11 Å². The lowest BCUT2D eigenvalue weighted by molar-refractivity contribution is -0.238. The minimum Gasteiger partial charge on any atom is -0.346 e. The van der Waals surface area contributed by atoms with Crippen LogP contribution in [0.2, 0.25) is 0 Å². The van der Waals surface area contributed by atoms with Gasteiger partial charge in [0.15, 0.2) is 12.1 Å². The van der Waals surface area contributed by atoms with Crippen molar-refractivity contribution in [3.05, 3.63) is 23.1 Å². The Kier molecular flexibility index (Phi) is 5.61. The first-order valence-corrected chi connectivity index (χ1v) is 7.39. The van der Waals surface area contributed by atoms with E-state index >= 15 is 0 Å². The maximum Gasteiger partial charge on any atom is 0.217 e. The zero-order chi connectivity index (χ0) is 17.0. The second-order valence-electron chi connectivity index (χ2n) is 5.87. The number of nitrogens with one attached hydrogen (secondary N) is 1. The van der Waals surface area contributed by atoms with Crippen molar-refractivity contribution in [1.29, 1.82) is 0 Å². The number of amides is 1. The van der Waals surface area contributed by atoms with E-state index in [4.69, 9.17) is 24.5 Å². The van der Waals surface area contributed by atoms with Gasteiger partial charge in [0.05, 0.1) is 19.3 Å². The van der Waals surface area contributed by atoms with Gasteiger partial charge in [-0.05, 0) is 19.4 Å². The first-order chi connectivity index (χ1) is 10.9. The van der Waals surface area contributed by atoms with Gasteiger partial charge in [0.1, 0.15) is 18.2 Å². The SMILES string of the molecule is C=CCOC1OC(CN=[N+]=[N-])C2OC(C)(C)OC2C1NC(C)=O. The Morgan fingerprint density at radius 2 is 2.17 bits per heavy atom. The van der Waals surface area contributed by atoms with E-state index in [0.717, 1.165) is 0 Å². The zero-order valence-electron chi connectivity index (χ0n) is 13.5. The van der Waals surface area contributed by atoms with Crippen molar-refractivity contribution in [2.75, 3.05) is 13.2 Å². The van der Waals surface area contributed by atoms with Gasteiger partial charge in [0.25, 0.3) is 0 Å². The number of nitrogens with zero attached hydrogens (tertiary/aromatic N) is 3. The molecule has 2 saturated heterocycles. The van der Waals surface area contributed by atoms with Crippen molar-refractivity contribution in [3.63, 3.8) is 0 Å². The van der Waals surface area contributed by atoms with Crippen LogP contribution in [0.25, 0.3) is 10.4 Å². The molecular formula is C14H22N4O5. The zero-order valence-corrected chi connectivity index (χ0v) is 13.5. The van der Waals surface area contributed by atoms with Crippen molar-refractivity contribution in [3.8, 4) is 0 Å². The molecule has 0 aromatic heterocycles. The van der Waals surface area contributed by atoms with Gasteiger partial charge in [-0.2, -0.15) is 0 Å². The second-order valence-corrected chi connectivity index (χ2v) is 5.87.